The van der Waals surface area contributed by atoms with E-state index in [4.69, 9.17) is 10.5 Å². The Bertz CT molecular complexity index is 615. The van der Waals surface area contributed by atoms with Crippen molar-refractivity contribution in [3.05, 3.63) is 47.5 Å². The van der Waals surface area contributed by atoms with E-state index in [1.165, 1.54) is 19.2 Å². The van der Waals surface area contributed by atoms with Gasteiger partial charge >= 0.3 is 0 Å². The predicted molar refractivity (Wildman–Crippen MR) is 71.8 cm³/mol. The lowest BCUT2D eigenvalue weighted by Crippen LogP contribution is -1.99. The molecule has 19 heavy (non-hydrogen) atoms. The van der Waals surface area contributed by atoms with E-state index in [0.717, 1.165) is 6.07 Å². The average molecular weight is 264 g/mol. The van der Waals surface area contributed by atoms with Gasteiger partial charge in [-0.2, -0.15) is 0 Å². The number of nitrogen functional groups attached to an aromatic ring is 1. The zero-order valence-electron chi connectivity index (χ0n) is 10.6. The van der Waals surface area contributed by atoms with Crippen LogP contribution in [0, 0.1) is 18.6 Å². The highest BCUT2D eigenvalue weighted by Gasteiger charge is 2.09. The standard InChI is InChI=1S/C14H14F2N2O/c1-8-3-4-9(5-10(8)15)18-13-7-14(19-2)11(16)6-12(13)17/h3-7,18H,17H2,1-2H3. The lowest BCUT2D eigenvalue weighted by molar-refractivity contribution is 0.387. The van der Waals surface area contributed by atoms with E-state index in [2.05, 4.69) is 5.32 Å². The molecule has 0 atom stereocenters. The minimum absolute atomic E-state index is 0.0734. The Kier molecular flexibility index (Phi) is 3.55. The van der Waals surface area contributed by atoms with Crippen molar-refractivity contribution in [2.24, 2.45) is 0 Å². The van der Waals surface area contributed by atoms with Gasteiger partial charge in [0.15, 0.2) is 11.6 Å². The lowest BCUT2D eigenvalue weighted by Gasteiger charge is -2.12. The molecular formula is C14H14F2N2O. The van der Waals surface area contributed by atoms with Crippen LogP contribution < -0.4 is 15.8 Å². The van der Waals surface area contributed by atoms with Gasteiger partial charge in [-0.15, -0.1) is 0 Å². The molecule has 0 bridgehead atoms. The fourth-order valence-corrected chi connectivity index (χ4v) is 1.66. The van der Waals surface area contributed by atoms with Crippen molar-refractivity contribution in [2.75, 3.05) is 18.2 Å². The van der Waals surface area contributed by atoms with E-state index >= 15 is 0 Å². The molecule has 2 aromatic carbocycles. The van der Waals surface area contributed by atoms with Crippen LogP contribution >= 0.6 is 0 Å². The van der Waals surface area contributed by atoms with Crippen LogP contribution in [-0.2, 0) is 0 Å². The van der Waals surface area contributed by atoms with Gasteiger partial charge in [0.05, 0.1) is 18.5 Å². The monoisotopic (exact) mass is 264 g/mol. The number of anilines is 3. The van der Waals surface area contributed by atoms with Crippen LogP contribution in [0.4, 0.5) is 25.8 Å². The summed E-state index contributed by atoms with van der Waals surface area (Å²) in [6, 6.07) is 7.31. The fraction of sp³-hybridized carbons (Fsp3) is 0.143. The maximum Gasteiger partial charge on any atom is 0.167 e. The Balaban J connectivity index is 2.34. The largest absolute Gasteiger partial charge is 0.494 e. The summed E-state index contributed by atoms with van der Waals surface area (Å²) in [5, 5.41) is 2.93. The Labute approximate surface area is 110 Å². The van der Waals surface area contributed by atoms with E-state index in [0.29, 0.717) is 16.9 Å². The van der Waals surface area contributed by atoms with Crippen molar-refractivity contribution < 1.29 is 13.5 Å². The molecule has 3 N–H and O–H groups in total. The Morgan fingerprint density at radius 1 is 1.11 bits per heavy atom. The van der Waals surface area contributed by atoms with Crippen molar-refractivity contribution in [1.29, 1.82) is 0 Å². The molecule has 2 aromatic rings. The number of hydrogen-bond acceptors (Lipinski definition) is 3. The molecule has 0 saturated carbocycles. The van der Waals surface area contributed by atoms with Gasteiger partial charge in [-0.3, -0.25) is 0 Å². The molecule has 0 aliphatic rings. The predicted octanol–water partition coefficient (Wildman–Crippen LogP) is 3.61. The number of halogens is 2. The van der Waals surface area contributed by atoms with Gasteiger partial charge in [-0.25, -0.2) is 8.78 Å². The lowest BCUT2D eigenvalue weighted by atomic mass is 10.2. The highest BCUT2D eigenvalue weighted by Crippen LogP contribution is 2.30. The van der Waals surface area contributed by atoms with Crippen LogP contribution in [0.2, 0.25) is 0 Å². The summed E-state index contributed by atoms with van der Waals surface area (Å²) in [6.45, 7) is 1.67. The molecule has 0 aliphatic heterocycles. The first-order valence-electron chi connectivity index (χ1n) is 5.67. The topological polar surface area (TPSA) is 47.3 Å². The second-order valence-corrected chi connectivity index (χ2v) is 4.16. The van der Waals surface area contributed by atoms with Gasteiger partial charge in [0.1, 0.15) is 5.82 Å². The van der Waals surface area contributed by atoms with Gasteiger partial charge in [0.2, 0.25) is 0 Å². The fourth-order valence-electron chi connectivity index (χ4n) is 1.66. The maximum atomic E-state index is 13.4. The summed E-state index contributed by atoms with van der Waals surface area (Å²) in [6.07, 6.45) is 0. The van der Waals surface area contributed by atoms with Crippen LogP contribution in [0.15, 0.2) is 30.3 Å². The average Bonchev–Trinajstić information content (AvgIpc) is 2.37. The molecule has 0 aliphatic carbocycles. The zero-order chi connectivity index (χ0) is 14.0. The quantitative estimate of drug-likeness (QED) is 0.832. The molecule has 0 amide bonds. The van der Waals surface area contributed by atoms with Crippen molar-refractivity contribution in [2.45, 2.75) is 6.92 Å². The van der Waals surface area contributed by atoms with Crippen LogP contribution in [0.25, 0.3) is 0 Å². The molecule has 0 radical (unpaired) electrons. The van der Waals surface area contributed by atoms with E-state index in [9.17, 15) is 8.78 Å². The first kappa shape index (κ1) is 13.1. The van der Waals surface area contributed by atoms with Crippen molar-refractivity contribution in [3.8, 4) is 5.75 Å². The van der Waals surface area contributed by atoms with Crippen molar-refractivity contribution >= 4 is 17.1 Å². The molecule has 5 heteroatoms. The molecular weight excluding hydrogens is 250 g/mol. The number of nitrogens with two attached hydrogens (primary N) is 1. The molecule has 2 rings (SSSR count). The highest BCUT2D eigenvalue weighted by molar-refractivity contribution is 5.74. The summed E-state index contributed by atoms with van der Waals surface area (Å²) >= 11 is 0. The van der Waals surface area contributed by atoms with E-state index < -0.39 is 5.82 Å². The highest BCUT2D eigenvalue weighted by atomic mass is 19.1. The summed E-state index contributed by atoms with van der Waals surface area (Å²) in [7, 11) is 1.37. The smallest absolute Gasteiger partial charge is 0.167 e. The van der Waals surface area contributed by atoms with E-state index in [-0.39, 0.29) is 17.3 Å². The number of ether oxygens (including phenoxy) is 1. The second kappa shape index (κ2) is 5.14. The van der Waals surface area contributed by atoms with Gasteiger partial charge in [-0.05, 0) is 24.6 Å². The van der Waals surface area contributed by atoms with Crippen LogP contribution in [0.1, 0.15) is 5.56 Å². The Hall–Kier alpha value is -2.30. The van der Waals surface area contributed by atoms with Crippen LogP contribution in [0.3, 0.4) is 0 Å². The summed E-state index contributed by atoms with van der Waals surface area (Å²) in [5.74, 6) is -0.789. The Morgan fingerprint density at radius 3 is 2.47 bits per heavy atom. The molecule has 0 fully saturated rings. The first-order chi connectivity index (χ1) is 9.01. The molecule has 0 spiro atoms. The summed E-state index contributed by atoms with van der Waals surface area (Å²) in [4.78, 5) is 0. The van der Waals surface area contributed by atoms with Gasteiger partial charge in [0.25, 0.3) is 0 Å². The van der Waals surface area contributed by atoms with E-state index in [1.807, 2.05) is 0 Å². The third-order valence-electron chi connectivity index (χ3n) is 2.77. The molecule has 0 aromatic heterocycles. The molecule has 0 heterocycles. The minimum Gasteiger partial charge on any atom is -0.494 e. The maximum absolute atomic E-state index is 13.4. The summed E-state index contributed by atoms with van der Waals surface area (Å²) in [5.41, 5.74) is 7.47. The minimum atomic E-state index is -0.541. The number of aryl methyl sites for hydroxylation is 1. The number of methoxy groups -OCH3 is 1. The van der Waals surface area contributed by atoms with Gasteiger partial charge < -0.3 is 15.8 Å². The zero-order valence-corrected chi connectivity index (χ0v) is 10.6. The van der Waals surface area contributed by atoms with Crippen molar-refractivity contribution in [1.82, 2.24) is 0 Å². The first-order valence-corrected chi connectivity index (χ1v) is 5.67. The van der Waals surface area contributed by atoms with Gasteiger partial charge in [-0.1, -0.05) is 6.07 Å². The number of nitrogens with one attached hydrogen (secondary N) is 1. The molecule has 0 unspecified atom stereocenters. The SMILES string of the molecule is COc1cc(Nc2ccc(C)c(F)c2)c(N)cc1F. The van der Waals surface area contributed by atoms with Crippen molar-refractivity contribution in [3.63, 3.8) is 0 Å². The normalized spacial score (nSPS) is 10.3. The summed E-state index contributed by atoms with van der Waals surface area (Å²) < 4.78 is 31.7. The van der Waals surface area contributed by atoms with Crippen LogP contribution in [0.5, 0.6) is 5.75 Å². The molecule has 3 nitrogen and oxygen atoms in total. The molecule has 100 valence electrons. The third-order valence-corrected chi connectivity index (χ3v) is 2.77. The number of hydrogen-bond donors (Lipinski definition) is 2. The number of rotatable bonds is 3. The van der Waals surface area contributed by atoms with Gasteiger partial charge in [0, 0.05) is 17.8 Å². The molecule has 0 saturated heterocycles. The second-order valence-electron chi connectivity index (χ2n) is 4.16. The van der Waals surface area contributed by atoms with E-state index in [1.54, 1.807) is 19.1 Å². The Morgan fingerprint density at radius 2 is 1.84 bits per heavy atom. The third kappa shape index (κ3) is 2.76. The van der Waals surface area contributed by atoms with Crippen LogP contribution in [-0.4, -0.2) is 7.11 Å². The number of benzene rings is 2.